The van der Waals surface area contributed by atoms with E-state index in [4.69, 9.17) is 5.11 Å². The molecule has 10 heteroatoms. The van der Waals surface area contributed by atoms with E-state index in [-0.39, 0.29) is 29.8 Å². The van der Waals surface area contributed by atoms with Gasteiger partial charge in [0.05, 0.1) is 33.8 Å². The fourth-order valence-electron chi connectivity index (χ4n) is 4.68. The molecule has 5 rings (SSSR count). The number of rotatable bonds is 7. The molecule has 210 valence electrons. The lowest BCUT2D eigenvalue weighted by molar-refractivity contribution is -0.137. The van der Waals surface area contributed by atoms with E-state index in [0.717, 1.165) is 18.2 Å². The molecule has 0 radical (unpaired) electrons. The first kappa shape index (κ1) is 28.1. The van der Waals surface area contributed by atoms with E-state index >= 15 is 0 Å². The molecule has 0 saturated heterocycles. The van der Waals surface area contributed by atoms with Gasteiger partial charge in [-0.3, -0.25) is 4.79 Å². The predicted octanol–water partition coefficient (Wildman–Crippen LogP) is 7.01. The van der Waals surface area contributed by atoms with E-state index < -0.39 is 29.4 Å². The van der Waals surface area contributed by atoms with Gasteiger partial charge in [0.25, 0.3) is 5.91 Å². The highest BCUT2D eigenvalue weighted by molar-refractivity contribution is 6.08. The minimum atomic E-state index is -4.46. The van der Waals surface area contributed by atoms with Gasteiger partial charge in [-0.2, -0.15) is 18.4 Å². The van der Waals surface area contributed by atoms with E-state index in [0.29, 0.717) is 33.2 Å². The Kier molecular flexibility index (Phi) is 7.51. The monoisotopic (exact) mass is 571 g/mol. The maximum absolute atomic E-state index is 14.3. The smallest absolute Gasteiger partial charge is 0.416 e. The number of carbonyl (C=O) groups is 2. The summed E-state index contributed by atoms with van der Waals surface area (Å²) in [5.74, 6) is -2.16. The summed E-state index contributed by atoms with van der Waals surface area (Å²) in [7, 11) is 0. The first-order valence-corrected chi connectivity index (χ1v) is 12.6. The van der Waals surface area contributed by atoms with Crippen molar-refractivity contribution in [3.05, 3.63) is 130 Å². The number of benzene rings is 4. The highest BCUT2D eigenvalue weighted by atomic mass is 19.4. The van der Waals surface area contributed by atoms with Crippen LogP contribution in [0.4, 0.5) is 17.6 Å². The van der Waals surface area contributed by atoms with Crippen LogP contribution in [0.5, 0.6) is 0 Å². The quantitative estimate of drug-likeness (QED) is 0.205. The molecule has 0 aliphatic heterocycles. The molecule has 0 fully saturated rings. The van der Waals surface area contributed by atoms with Crippen molar-refractivity contribution < 1.29 is 32.3 Å². The van der Waals surface area contributed by atoms with Crippen molar-refractivity contribution in [1.82, 2.24) is 9.88 Å². The molecule has 2 N–H and O–H groups in total. The number of aromatic carboxylic acids is 1. The van der Waals surface area contributed by atoms with Gasteiger partial charge in [-0.15, -0.1) is 0 Å². The molecular formula is C32H21F4N3O3. The van der Waals surface area contributed by atoms with Crippen LogP contribution in [0.15, 0.2) is 91.1 Å². The lowest BCUT2D eigenvalue weighted by Gasteiger charge is -2.14. The third-order valence-corrected chi connectivity index (χ3v) is 6.75. The molecule has 42 heavy (non-hydrogen) atoms. The summed E-state index contributed by atoms with van der Waals surface area (Å²) in [6.45, 7) is 0.263. The van der Waals surface area contributed by atoms with E-state index in [2.05, 4.69) is 5.32 Å². The second kappa shape index (κ2) is 11.2. The van der Waals surface area contributed by atoms with Crippen LogP contribution >= 0.6 is 0 Å². The zero-order chi connectivity index (χ0) is 30.0. The Hall–Kier alpha value is -5.43. The second-order valence-corrected chi connectivity index (χ2v) is 9.63. The Morgan fingerprint density at radius 3 is 2.19 bits per heavy atom. The normalized spacial score (nSPS) is 11.3. The Morgan fingerprint density at radius 2 is 1.55 bits per heavy atom. The summed E-state index contributed by atoms with van der Waals surface area (Å²) in [4.78, 5) is 24.7. The van der Waals surface area contributed by atoms with E-state index in [9.17, 15) is 32.4 Å². The molecule has 0 spiro atoms. The van der Waals surface area contributed by atoms with Crippen LogP contribution in [0.25, 0.3) is 22.0 Å². The number of hydrogen-bond acceptors (Lipinski definition) is 3. The molecule has 1 heterocycles. The number of nitrogens with one attached hydrogen (secondary N) is 1. The van der Waals surface area contributed by atoms with Gasteiger partial charge in [-0.05, 0) is 82.9 Å². The predicted molar refractivity (Wildman–Crippen MR) is 147 cm³/mol. The number of aromatic nitrogens is 1. The van der Waals surface area contributed by atoms with Crippen molar-refractivity contribution in [3.63, 3.8) is 0 Å². The van der Waals surface area contributed by atoms with Crippen molar-refractivity contribution in [2.75, 3.05) is 0 Å². The molecule has 1 aromatic heterocycles. The molecule has 0 aliphatic rings. The SMILES string of the molecule is N#Cc1cc(F)cc(-c2cc(C(=O)NCc3ccc(C(=O)O)cc3)c3c(ccn3Cc3ccc(C(F)(F)F)cc3)c2)c1. The number of halogens is 4. The Balaban J connectivity index is 1.53. The number of carboxylic acids is 1. The topological polar surface area (TPSA) is 95.1 Å². The van der Waals surface area contributed by atoms with Crippen molar-refractivity contribution in [3.8, 4) is 17.2 Å². The molecular weight excluding hydrogens is 550 g/mol. The van der Waals surface area contributed by atoms with Crippen LogP contribution in [0.2, 0.25) is 0 Å². The molecule has 4 aromatic carbocycles. The molecule has 0 atom stereocenters. The van der Waals surface area contributed by atoms with Crippen molar-refractivity contribution in [2.24, 2.45) is 0 Å². The maximum atomic E-state index is 14.3. The standard InChI is InChI=1S/C32H21F4N3O3/c33-27-12-21(16-37)11-24(14-27)25-13-23-9-10-39(18-20-3-7-26(8-4-20)32(34,35)36)29(23)28(15-25)30(40)38-17-19-1-5-22(6-2-19)31(41)42/h1-15H,17-18H2,(H,38,40)(H,41,42). The third kappa shape index (κ3) is 6.00. The summed E-state index contributed by atoms with van der Waals surface area (Å²) >= 11 is 0. The lowest BCUT2D eigenvalue weighted by Crippen LogP contribution is -2.23. The molecule has 5 aromatic rings. The zero-order valence-electron chi connectivity index (χ0n) is 21.7. The fourth-order valence-corrected chi connectivity index (χ4v) is 4.68. The first-order chi connectivity index (χ1) is 20.0. The number of amides is 1. The summed E-state index contributed by atoms with van der Waals surface area (Å²) in [5.41, 5.74) is 2.30. The van der Waals surface area contributed by atoms with Gasteiger partial charge >= 0.3 is 12.1 Å². The minimum absolute atomic E-state index is 0.0859. The van der Waals surface area contributed by atoms with Gasteiger partial charge in [-0.1, -0.05) is 24.3 Å². The lowest BCUT2D eigenvalue weighted by atomic mass is 9.98. The van der Waals surface area contributed by atoms with Crippen molar-refractivity contribution >= 4 is 22.8 Å². The van der Waals surface area contributed by atoms with Gasteiger partial charge in [0.1, 0.15) is 5.82 Å². The average Bonchev–Trinajstić information content (AvgIpc) is 3.37. The van der Waals surface area contributed by atoms with E-state index in [1.807, 2.05) is 6.07 Å². The highest BCUT2D eigenvalue weighted by Crippen LogP contribution is 2.32. The van der Waals surface area contributed by atoms with E-state index in [1.165, 1.54) is 36.4 Å². The number of nitrogens with zero attached hydrogens (tertiary/aromatic N) is 2. The van der Waals surface area contributed by atoms with Gasteiger partial charge in [0, 0.05) is 24.7 Å². The van der Waals surface area contributed by atoms with Gasteiger partial charge in [0.15, 0.2) is 0 Å². The van der Waals surface area contributed by atoms with Crippen molar-refractivity contribution in [1.29, 1.82) is 5.26 Å². The summed E-state index contributed by atoms with van der Waals surface area (Å²) in [6, 6.07) is 21.6. The van der Waals surface area contributed by atoms with Crippen LogP contribution < -0.4 is 5.32 Å². The second-order valence-electron chi connectivity index (χ2n) is 9.63. The van der Waals surface area contributed by atoms with Crippen LogP contribution in [-0.2, 0) is 19.3 Å². The molecule has 0 saturated carbocycles. The number of nitriles is 1. The molecule has 0 bridgehead atoms. The Morgan fingerprint density at radius 1 is 0.881 bits per heavy atom. The highest BCUT2D eigenvalue weighted by Gasteiger charge is 2.30. The first-order valence-electron chi connectivity index (χ1n) is 12.6. The number of hydrogen-bond donors (Lipinski definition) is 2. The maximum Gasteiger partial charge on any atom is 0.416 e. The van der Waals surface area contributed by atoms with E-state index in [1.54, 1.807) is 41.1 Å². The van der Waals surface area contributed by atoms with Crippen LogP contribution in [0.1, 0.15) is 43.0 Å². The largest absolute Gasteiger partial charge is 0.478 e. The summed E-state index contributed by atoms with van der Waals surface area (Å²) in [5, 5.41) is 21.9. The van der Waals surface area contributed by atoms with Gasteiger partial charge in [0.2, 0.25) is 0 Å². The minimum Gasteiger partial charge on any atom is -0.478 e. The number of alkyl halides is 3. The zero-order valence-corrected chi connectivity index (χ0v) is 21.7. The number of carbonyl (C=O) groups excluding carboxylic acids is 1. The van der Waals surface area contributed by atoms with Crippen LogP contribution in [-0.4, -0.2) is 21.6 Å². The summed E-state index contributed by atoms with van der Waals surface area (Å²) in [6.07, 6.45) is -2.75. The van der Waals surface area contributed by atoms with Gasteiger partial charge in [-0.25, -0.2) is 9.18 Å². The fraction of sp³-hybridized carbons (Fsp3) is 0.0938. The molecule has 0 aliphatic carbocycles. The number of carboxylic acid groups (broad SMARTS) is 1. The van der Waals surface area contributed by atoms with Gasteiger partial charge < -0.3 is 15.0 Å². The van der Waals surface area contributed by atoms with Crippen molar-refractivity contribution in [2.45, 2.75) is 19.3 Å². The van der Waals surface area contributed by atoms with Crippen LogP contribution in [0.3, 0.4) is 0 Å². The number of fused-ring (bicyclic) bond motifs is 1. The molecule has 0 unspecified atom stereocenters. The third-order valence-electron chi connectivity index (χ3n) is 6.75. The Bertz CT molecular complexity index is 1850. The van der Waals surface area contributed by atoms with Crippen LogP contribution in [0, 0.1) is 17.1 Å². The molecule has 1 amide bonds. The summed E-state index contributed by atoms with van der Waals surface area (Å²) < 4.78 is 55.1. The average molecular weight is 572 g/mol. The Labute approximate surface area is 237 Å². The molecule has 6 nitrogen and oxygen atoms in total.